The van der Waals surface area contributed by atoms with Crippen LogP contribution < -0.4 is 0 Å². The summed E-state index contributed by atoms with van der Waals surface area (Å²) in [6.07, 6.45) is 3.59. The summed E-state index contributed by atoms with van der Waals surface area (Å²) in [5.41, 5.74) is 1.83. The molecule has 0 aromatic carbocycles. The molecule has 2 aromatic heterocycles. The average molecular weight is 286 g/mol. The summed E-state index contributed by atoms with van der Waals surface area (Å²) < 4.78 is 2.75. The van der Waals surface area contributed by atoms with Gasteiger partial charge in [-0.1, -0.05) is 0 Å². The summed E-state index contributed by atoms with van der Waals surface area (Å²) in [6.45, 7) is 1.91. The van der Waals surface area contributed by atoms with Crippen LogP contribution in [-0.2, 0) is 0 Å². The smallest absolute Gasteiger partial charge is 0.123 e. The molecular weight excluding hydrogens is 279 g/mol. The molecule has 2 heterocycles. The van der Waals surface area contributed by atoms with Crippen LogP contribution in [0.3, 0.4) is 0 Å². The molecule has 0 atom stereocenters. The molecule has 0 aliphatic carbocycles. The Morgan fingerprint density at radius 1 is 1.46 bits per heavy atom. The molecule has 0 amide bonds. The van der Waals surface area contributed by atoms with Crippen molar-refractivity contribution in [3.05, 3.63) is 33.9 Å². The van der Waals surface area contributed by atoms with Crippen molar-refractivity contribution in [3.8, 4) is 5.69 Å². The van der Waals surface area contributed by atoms with Gasteiger partial charge >= 0.3 is 0 Å². The fraction of sp³-hybridized carbons (Fsp3) is 0.125. The van der Waals surface area contributed by atoms with Gasteiger partial charge in [-0.25, -0.2) is 4.68 Å². The molecule has 0 aliphatic heterocycles. The Morgan fingerprint density at radius 3 is 2.92 bits per heavy atom. The summed E-state index contributed by atoms with van der Waals surface area (Å²) in [6, 6.07) is 3.88. The van der Waals surface area contributed by atoms with E-state index in [9.17, 15) is 0 Å². The van der Waals surface area contributed by atoms with Crippen LogP contribution >= 0.6 is 22.6 Å². The van der Waals surface area contributed by atoms with Crippen molar-refractivity contribution in [2.75, 3.05) is 0 Å². The Kier molecular flexibility index (Phi) is 2.26. The summed E-state index contributed by atoms with van der Waals surface area (Å²) in [7, 11) is 0. The third kappa shape index (κ3) is 1.85. The zero-order valence-corrected chi connectivity index (χ0v) is 9.13. The molecule has 0 saturated carbocycles. The highest BCUT2D eigenvalue weighted by Gasteiger charge is 1.99. The van der Waals surface area contributed by atoms with Crippen molar-refractivity contribution in [2.45, 2.75) is 6.92 Å². The molecule has 0 fully saturated rings. The topological polar surface area (TPSA) is 43.6 Å². The Hall–Kier alpha value is -0.980. The summed E-state index contributed by atoms with van der Waals surface area (Å²) in [4.78, 5) is 0. The van der Waals surface area contributed by atoms with E-state index in [2.05, 4.69) is 37.9 Å². The monoisotopic (exact) mass is 286 g/mol. The average Bonchev–Trinajstić information content (AvgIpc) is 2.52. The van der Waals surface area contributed by atoms with Crippen LogP contribution in [0.25, 0.3) is 5.69 Å². The lowest BCUT2D eigenvalue weighted by molar-refractivity contribution is 0.842. The van der Waals surface area contributed by atoms with Gasteiger partial charge < -0.3 is 0 Å². The van der Waals surface area contributed by atoms with Gasteiger partial charge in [0, 0.05) is 6.20 Å². The van der Waals surface area contributed by atoms with Crippen molar-refractivity contribution < 1.29 is 0 Å². The second-order valence-corrected chi connectivity index (χ2v) is 3.74. The summed E-state index contributed by atoms with van der Waals surface area (Å²) >= 11 is 2.17. The fourth-order valence-corrected chi connectivity index (χ4v) is 1.42. The lowest BCUT2D eigenvalue weighted by atomic mass is 10.4. The van der Waals surface area contributed by atoms with E-state index in [1.165, 1.54) is 0 Å². The van der Waals surface area contributed by atoms with Gasteiger partial charge in [0.25, 0.3) is 0 Å². The van der Waals surface area contributed by atoms with Gasteiger partial charge in [0.15, 0.2) is 0 Å². The zero-order valence-electron chi connectivity index (χ0n) is 6.98. The van der Waals surface area contributed by atoms with Gasteiger partial charge in [-0.15, -0.1) is 0 Å². The Labute approximate surface area is 89.1 Å². The molecule has 2 aromatic rings. The molecule has 0 saturated heterocycles. The van der Waals surface area contributed by atoms with Crippen LogP contribution in [0.15, 0.2) is 24.5 Å². The maximum atomic E-state index is 4.26. The molecule has 5 heteroatoms. The van der Waals surface area contributed by atoms with Crippen molar-refractivity contribution in [1.82, 2.24) is 20.0 Å². The van der Waals surface area contributed by atoms with E-state index in [0.29, 0.717) is 0 Å². The van der Waals surface area contributed by atoms with Gasteiger partial charge in [-0.05, 0) is 41.6 Å². The Balaban J connectivity index is 2.46. The zero-order chi connectivity index (χ0) is 9.26. The van der Waals surface area contributed by atoms with Gasteiger partial charge in [0.1, 0.15) is 3.70 Å². The van der Waals surface area contributed by atoms with E-state index in [1.54, 1.807) is 10.9 Å². The first-order valence-electron chi connectivity index (χ1n) is 3.76. The molecule has 0 unspecified atom stereocenters. The molecule has 0 aliphatic rings. The van der Waals surface area contributed by atoms with Crippen LogP contribution in [0.4, 0.5) is 0 Å². The lowest BCUT2D eigenvalue weighted by Gasteiger charge is -1.99. The van der Waals surface area contributed by atoms with Gasteiger partial charge in [-0.2, -0.15) is 15.3 Å². The second kappa shape index (κ2) is 3.41. The third-order valence-electron chi connectivity index (χ3n) is 1.58. The molecule has 0 bridgehead atoms. The highest BCUT2D eigenvalue weighted by Crippen LogP contribution is 2.07. The van der Waals surface area contributed by atoms with Gasteiger partial charge in [0.05, 0.1) is 17.6 Å². The predicted octanol–water partition coefficient (Wildman–Crippen LogP) is 1.58. The summed E-state index contributed by atoms with van der Waals surface area (Å²) in [5, 5.41) is 12.0. The van der Waals surface area contributed by atoms with E-state index in [-0.39, 0.29) is 0 Å². The van der Waals surface area contributed by atoms with E-state index < -0.39 is 0 Å². The van der Waals surface area contributed by atoms with E-state index in [4.69, 9.17) is 0 Å². The van der Waals surface area contributed by atoms with Crippen LogP contribution in [0, 0.1) is 10.6 Å². The molecule has 13 heavy (non-hydrogen) atoms. The maximum absolute atomic E-state index is 4.26. The number of aryl methyl sites for hydroxylation is 1. The lowest BCUT2D eigenvalue weighted by Crippen LogP contribution is -1.97. The summed E-state index contributed by atoms with van der Waals surface area (Å²) in [5.74, 6) is 0. The van der Waals surface area contributed by atoms with Crippen LogP contribution in [0.1, 0.15) is 5.69 Å². The van der Waals surface area contributed by atoms with Gasteiger partial charge in [0.2, 0.25) is 0 Å². The number of halogens is 1. The van der Waals surface area contributed by atoms with Crippen molar-refractivity contribution in [3.63, 3.8) is 0 Å². The molecule has 4 nitrogen and oxygen atoms in total. The number of hydrogen-bond acceptors (Lipinski definition) is 3. The Morgan fingerprint density at radius 2 is 2.31 bits per heavy atom. The number of hydrogen-bond donors (Lipinski definition) is 0. The normalized spacial score (nSPS) is 10.3. The molecular formula is C8H7IN4. The molecule has 2 rings (SSSR count). The molecule has 0 spiro atoms. The van der Waals surface area contributed by atoms with Crippen molar-refractivity contribution in [2.24, 2.45) is 0 Å². The maximum Gasteiger partial charge on any atom is 0.123 e. The number of aromatic nitrogens is 4. The minimum atomic E-state index is 0.892. The van der Waals surface area contributed by atoms with Crippen LogP contribution in [0.2, 0.25) is 0 Å². The van der Waals surface area contributed by atoms with Gasteiger partial charge in [-0.3, -0.25) is 0 Å². The molecule has 0 radical (unpaired) electrons. The molecule has 0 N–H and O–H groups in total. The molecule has 66 valence electrons. The fourth-order valence-electron chi connectivity index (χ4n) is 1.03. The SMILES string of the molecule is Cc1cc(-n2ccc(I)n2)cnn1. The first kappa shape index (κ1) is 8.61. The minimum absolute atomic E-state index is 0.892. The first-order chi connectivity index (χ1) is 6.25. The highest BCUT2D eigenvalue weighted by molar-refractivity contribution is 14.1. The van der Waals surface area contributed by atoms with Crippen LogP contribution in [0.5, 0.6) is 0 Å². The van der Waals surface area contributed by atoms with Crippen LogP contribution in [-0.4, -0.2) is 20.0 Å². The highest BCUT2D eigenvalue weighted by atomic mass is 127. The second-order valence-electron chi connectivity index (χ2n) is 2.64. The predicted molar refractivity (Wildman–Crippen MR) is 56.6 cm³/mol. The van der Waals surface area contributed by atoms with E-state index in [0.717, 1.165) is 15.1 Å². The van der Waals surface area contributed by atoms with Crippen molar-refractivity contribution >= 4 is 22.6 Å². The Bertz CT molecular complexity index is 424. The third-order valence-corrected chi connectivity index (χ3v) is 2.16. The van der Waals surface area contributed by atoms with E-state index >= 15 is 0 Å². The van der Waals surface area contributed by atoms with Crippen molar-refractivity contribution in [1.29, 1.82) is 0 Å². The largest absolute Gasteiger partial charge is 0.238 e. The number of rotatable bonds is 1. The standard InChI is InChI=1S/C8H7IN4/c1-6-4-7(5-10-11-6)13-3-2-8(9)12-13/h2-5H,1H3. The minimum Gasteiger partial charge on any atom is -0.238 e. The quantitative estimate of drug-likeness (QED) is 0.747. The van der Waals surface area contributed by atoms with E-state index in [1.807, 2.05) is 25.3 Å². The first-order valence-corrected chi connectivity index (χ1v) is 4.84. The number of nitrogens with zero attached hydrogens (tertiary/aromatic N) is 4.